The highest BCUT2D eigenvalue weighted by Crippen LogP contribution is 2.20. The Kier molecular flexibility index (Phi) is 7.39. The Morgan fingerprint density at radius 1 is 1.32 bits per heavy atom. The third-order valence-electron chi connectivity index (χ3n) is 3.72. The summed E-state index contributed by atoms with van der Waals surface area (Å²) in [6, 6.07) is 0.0336. The molecule has 0 radical (unpaired) electrons. The summed E-state index contributed by atoms with van der Waals surface area (Å²) >= 11 is 0. The second-order valence-electron chi connectivity index (χ2n) is 5.72. The van der Waals surface area contributed by atoms with E-state index < -0.39 is 0 Å². The van der Waals surface area contributed by atoms with E-state index in [2.05, 4.69) is 26.1 Å². The highest BCUT2D eigenvalue weighted by atomic mass is 16.5. The fourth-order valence-corrected chi connectivity index (χ4v) is 2.77. The van der Waals surface area contributed by atoms with Crippen molar-refractivity contribution in [2.45, 2.75) is 65.1 Å². The second-order valence-corrected chi connectivity index (χ2v) is 5.72. The third-order valence-corrected chi connectivity index (χ3v) is 3.72. The molecule has 4 nitrogen and oxygen atoms in total. The number of nitrogens with zero attached hydrogens (tertiary/aromatic N) is 1. The summed E-state index contributed by atoms with van der Waals surface area (Å²) in [6.07, 6.45) is 5.58. The van der Waals surface area contributed by atoms with Crippen molar-refractivity contribution in [2.24, 2.45) is 5.92 Å². The Hall–Kier alpha value is -0.610. The van der Waals surface area contributed by atoms with Crippen LogP contribution >= 0.6 is 0 Å². The number of amides is 1. The average molecular weight is 270 g/mol. The molecule has 0 spiro atoms. The maximum absolute atomic E-state index is 12.5. The van der Waals surface area contributed by atoms with Gasteiger partial charge in [-0.2, -0.15) is 0 Å². The third kappa shape index (κ3) is 4.77. The van der Waals surface area contributed by atoms with Crippen molar-refractivity contribution in [3.63, 3.8) is 0 Å². The lowest BCUT2D eigenvalue weighted by Crippen LogP contribution is -2.40. The zero-order chi connectivity index (χ0) is 14.3. The Balaban J connectivity index is 2.60. The molecule has 1 N–H and O–H groups in total. The van der Waals surface area contributed by atoms with E-state index in [0.29, 0.717) is 12.5 Å². The largest absolute Gasteiger partial charge is 0.384 e. The van der Waals surface area contributed by atoms with Crippen molar-refractivity contribution >= 4 is 5.91 Å². The number of carbonyl (C=O) groups excluding carboxylic acids is 1. The van der Waals surface area contributed by atoms with Gasteiger partial charge in [0.15, 0.2) is 0 Å². The maximum atomic E-state index is 12.5. The SMILES string of the molecule is CCCCC1NC(CCC)N(CC(C)COC)C1=O. The van der Waals surface area contributed by atoms with E-state index in [1.54, 1.807) is 7.11 Å². The van der Waals surface area contributed by atoms with Crippen LogP contribution in [-0.4, -0.2) is 43.3 Å². The van der Waals surface area contributed by atoms with Gasteiger partial charge >= 0.3 is 0 Å². The van der Waals surface area contributed by atoms with Crippen LogP contribution in [0.2, 0.25) is 0 Å². The number of ether oxygens (including phenoxy) is 1. The molecule has 3 unspecified atom stereocenters. The molecule has 3 atom stereocenters. The Morgan fingerprint density at radius 2 is 2.05 bits per heavy atom. The van der Waals surface area contributed by atoms with Crippen molar-refractivity contribution in [2.75, 3.05) is 20.3 Å². The molecule has 1 fully saturated rings. The standard InChI is InChI=1S/C15H30N2O2/c1-5-7-9-13-15(18)17(10-12(3)11-19-4)14(16-13)8-6-2/h12-14,16H,5-11H2,1-4H3. The predicted molar refractivity (Wildman–Crippen MR) is 77.9 cm³/mol. The first-order valence-electron chi connectivity index (χ1n) is 7.69. The number of unbranched alkanes of at least 4 members (excludes halogenated alkanes) is 1. The topological polar surface area (TPSA) is 41.6 Å². The summed E-state index contributed by atoms with van der Waals surface area (Å²) in [4.78, 5) is 14.5. The first-order chi connectivity index (χ1) is 9.13. The molecule has 0 aliphatic carbocycles. The number of methoxy groups -OCH3 is 1. The Bertz CT molecular complexity index is 271. The van der Waals surface area contributed by atoms with Gasteiger partial charge in [-0.05, 0) is 18.8 Å². The van der Waals surface area contributed by atoms with Gasteiger partial charge in [0, 0.05) is 13.7 Å². The summed E-state index contributed by atoms with van der Waals surface area (Å²) in [5, 5.41) is 3.51. The quantitative estimate of drug-likeness (QED) is 0.699. The van der Waals surface area contributed by atoms with Crippen molar-refractivity contribution in [3.8, 4) is 0 Å². The number of rotatable bonds is 9. The van der Waals surface area contributed by atoms with Crippen molar-refractivity contribution in [1.29, 1.82) is 0 Å². The van der Waals surface area contributed by atoms with Gasteiger partial charge in [0.1, 0.15) is 0 Å². The van der Waals surface area contributed by atoms with Crippen LogP contribution in [0.5, 0.6) is 0 Å². The van der Waals surface area contributed by atoms with E-state index in [0.717, 1.165) is 38.6 Å². The van der Waals surface area contributed by atoms with E-state index in [-0.39, 0.29) is 18.1 Å². The summed E-state index contributed by atoms with van der Waals surface area (Å²) in [6.45, 7) is 7.98. The fraction of sp³-hybridized carbons (Fsp3) is 0.933. The normalized spacial score (nSPS) is 25.1. The highest BCUT2D eigenvalue weighted by molar-refractivity contribution is 5.84. The Labute approximate surface area is 117 Å². The van der Waals surface area contributed by atoms with Crippen LogP contribution in [0.3, 0.4) is 0 Å². The number of hydrogen-bond acceptors (Lipinski definition) is 3. The lowest BCUT2D eigenvalue weighted by atomic mass is 10.1. The molecule has 1 heterocycles. The van der Waals surface area contributed by atoms with Gasteiger partial charge in [0.25, 0.3) is 0 Å². The van der Waals surface area contributed by atoms with E-state index in [1.165, 1.54) is 0 Å². The summed E-state index contributed by atoms with van der Waals surface area (Å²) < 4.78 is 5.18. The molecule has 4 heteroatoms. The van der Waals surface area contributed by atoms with Crippen LogP contribution in [0, 0.1) is 5.92 Å². The van der Waals surface area contributed by atoms with Crippen LogP contribution in [0.1, 0.15) is 52.9 Å². The lowest BCUT2D eigenvalue weighted by molar-refractivity contribution is -0.131. The molecule has 0 bridgehead atoms. The minimum Gasteiger partial charge on any atom is -0.384 e. The van der Waals surface area contributed by atoms with Crippen LogP contribution < -0.4 is 5.32 Å². The van der Waals surface area contributed by atoms with Gasteiger partial charge in [-0.1, -0.05) is 40.0 Å². The predicted octanol–water partition coefficient (Wildman–Crippen LogP) is 2.39. The molecule has 1 aliphatic heterocycles. The minimum absolute atomic E-state index is 0.0336. The Morgan fingerprint density at radius 3 is 2.63 bits per heavy atom. The first-order valence-corrected chi connectivity index (χ1v) is 7.69. The van der Waals surface area contributed by atoms with Gasteiger partial charge in [0.05, 0.1) is 18.8 Å². The molecule has 0 saturated carbocycles. The monoisotopic (exact) mass is 270 g/mol. The lowest BCUT2D eigenvalue weighted by Gasteiger charge is -2.26. The van der Waals surface area contributed by atoms with Crippen LogP contribution in [-0.2, 0) is 9.53 Å². The smallest absolute Gasteiger partial charge is 0.241 e. The fourth-order valence-electron chi connectivity index (χ4n) is 2.77. The summed E-state index contributed by atoms with van der Waals surface area (Å²) in [5.41, 5.74) is 0. The molecular formula is C15H30N2O2. The molecular weight excluding hydrogens is 240 g/mol. The number of nitrogens with one attached hydrogen (secondary N) is 1. The van der Waals surface area contributed by atoms with E-state index in [9.17, 15) is 4.79 Å². The number of hydrogen-bond donors (Lipinski definition) is 1. The van der Waals surface area contributed by atoms with Gasteiger partial charge in [0.2, 0.25) is 5.91 Å². The van der Waals surface area contributed by atoms with Gasteiger partial charge in [-0.3, -0.25) is 10.1 Å². The minimum atomic E-state index is 0.0336. The molecule has 0 aromatic carbocycles. The van der Waals surface area contributed by atoms with Gasteiger partial charge in [-0.15, -0.1) is 0 Å². The van der Waals surface area contributed by atoms with Crippen LogP contribution in [0.4, 0.5) is 0 Å². The maximum Gasteiger partial charge on any atom is 0.241 e. The van der Waals surface area contributed by atoms with Crippen LogP contribution in [0.25, 0.3) is 0 Å². The average Bonchev–Trinajstić information content (AvgIpc) is 2.66. The van der Waals surface area contributed by atoms with E-state index >= 15 is 0 Å². The zero-order valence-electron chi connectivity index (χ0n) is 12.9. The van der Waals surface area contributed by atoms with Crippen molar-refractivity contribution in [1.82, 2.24) is 10.2 Å². The molecule has 1 amide bonds. The summed E-state index contributed by atoms with van der Waals surface area (Å²) in [5.74, 6) is 0.676. The van der Waals surface area contributed by atoms with Gasteiger partial charge in [-0.25, -0.2) is 0 Å². The van der Waals surface area contributed by atoms with Crippen molar-refractivity contribution in [3.05, 3.63) is 0 Å². The molecule has 0 aromatic rings. The van der Waals surface area contributed by atoms with E-state index in [4.69, 9.17) is 4.74 Å². The first kappa shape index (κ1) is 16.4. The highest BCUT2D eigenvalue weighted by Gasteiger charge is 2.37. The molecule has 0 aromatic heterocycles. The summed E-state index contributed by atoms with van der Waals surface area (Å²) in [7, 11) is 1.72. The molecule has 112 valence electrons. The molecule has 19 heavy (non-hydrogen) atoms. The van der Waals surface area contributed by atoms with E-state index in [1.807, 2.05) is 4.90 Å². The second kappa shape index (κ2) is 8.54. The molecule has 1 saturated heterocycles. The van der Waals surface area contributed by atoms with Crippen molar-refractivity contribution < 1.29 is 9.53 Å². The molecule has 1 aliphatic rings. The molecule has 1 rings (SSSR count). The van der Waals surface area contributed by atoms with Gasteiger partial charge < -0.3 is 9.64 Å². The number of carbonyl (C=O) groups is 1. The zero-order valence-corrected chi connectivity index (χ0v) is 12.9. The van der Waals surface area contributed by atoms with Crippen LogP contribution in [0.15, 0.2) is 0 Å².